The van der Waals surface area contributed by atoms with E-state index in [1.165, 1.54) is 12.4 Å². The van der Waals surface area contributed by atoms with Crippen molar-refractivity contribution in [2.75, 3.05) is 44.4 Å². The van der Waals surface area contributed by atoms with Crippen molar-refractivity contribution in [1.82, 2.24) is 38.8 Å². The molecular weight excluding hydrogens is 595 g/mol. The molecule has 2 N–H and O–H groups in total. The van der Waals surface area contributed by atoms with E-state index in [4.69, 9.17) is 5.73 Å². The molecule has 3 fully saturated rings. The average molecular weight is 631 g/mol. The van der Waals surface area contributed by atoms with Gasteiger partial charge in [0, 0.05) is 51.1 Å². The molecule has 2 saturated carbocycles. The van der Waals surface area contributed by atoms with Crippen LogP contribution in [0.1, 0.15) is 55.7 Å². The standard InChI is InChI=1S/C31H35FN10O2S/c1-39(2)20-31(32)9-11-40(12-10-31)28-13-27(34-15-22(28)4-3-21-14-36-41(18-21)24-5-6-24)26-17-35-30(38-29(26)33)23-16-37-42(19-23)45(43,44)25-7-8-25/h13-19,24-25H,5-12,20H2,1-2H3,(H2,33,35,38). The van der Waals surface area contributed by atoms with Crippen molar-refractivity contribution >= 4 is 21.5 Å². The number of hydrogen-bond acceptors (Lipinski definition) is 10. The fraction of sp³-hybridized carbons (Fsp3) is 0.452. The van der Waals surface area contributed by atoms with Crippen LogP contribution >= 0.6 is 0 Å². The molecule has 4 aromatic rings. The maximum atomic E-state index is 15.5. The molecule has 5 heterocycles. The molecule has 0 atom stereocenters. The molecule has 1 saturated heterocycles. The van der Waals surface area contributed by atoms with Gasteiger partial charge in [-0.2, -0.15) is 14.3 Å². The highest BCUT2D eigenvalue weighted by Gasteiger charge is 2.38. The van der Waals surface area contributed by atoms with Crippen LogP contribution in [-0.2, 0) is 10.0 Å². The Morgan fingerprint density at radius 2 is 1.80 bits per heavy atom. The average Bonchev–Trinajstić information content (AvgIpc) is 3.94. The number of pyridine rings is 1. The van der Waals surface area contributed by atoms with Crippen LogP contribution in [0.3, 0.4) is 0 Å². The summed E-state index contributed by atoms with van der Waals surface area (Å²) in [6, 6.07) is 2.38. The quantitative estimate of drug-likeness (QED) is 0.289. The molecule has 0 amide bonds. The highest BCUT2D eigenvalue weighted by atomic mass is 32.2. The smallest absolute Gasteiger partial charge is 0.256 e. The highest BCUT2D eigenvalue weighted by molar-refractivity contribution is 7.90. The maximum absolute atomic E-state index is 15.5. The van der Waals surface area contributed by atoms with Crippen LogP contribution in [0.5, 0.6) is 0 Å². The summed E-state index contributed by atoms with van der Waals surface area (Å²) in [4.78, 5) is 17.6. The molecule has 14 heteroatoms. The number of hydrogen-bond donors (Lipinski definition) is 1. The van der Waals surface area contributed by atoms with Gasteiger partial charge in [0.05, 0.1) is 63.5 Å². The molecule has 45 heavy (non-hydrogen) atoms. The van der Waals surface area contributed by atoms with Crippen molar-refractivity contribution in [2.24, 2.45) is 0 Å². The molecular formula is C31H35FN10O2S. The number of nitrogens with zero attached hydrogens (tertiary/aromatic N) is 9. The lowest BCUT2D eigenvalue weighted by Gasteiger charge is -2.39. The Balaban J connectivity index is 1.19. The third-order valence-electron chi connectivity index (χ3n) is 8.46. The van der Waals surface area contributed by atoms with Crippen molar-refractivity contribution in [3.63, 3.8) is 0 Å². The van der Waals surface area contributed by atoms with Gasteiger partial charge in [-0.25, -0.2) is 22.8 Å². The first-order valence-corrected chi connectivity index (χ1v) is 16.7. The summed E-state index contributed by atoms with van der Waals surface area (Å²) in [5, 5.41) is 8.08. The second kappa shape index (κ2) is 11.2. The number of aromatic nitrogens is 7. The summed E-state index contributed by atoms with van der Waals surface area (Å²) in [5.41, 5.74) is 9.07. The summed E-state index contributed by atoms with van der Waals surface area (Å²) in [6.45, 7) is 1.44. The molecule has 4 aromatic heterocycles. The third kappa shape index (κ3) is 6.14. The van der Waals surface area contributed by atoms with E-state index in [2.05, 4.69) is 41.9 Å². The number of anilines is 2. The lowest BCUT2D eigenvalue weighted by atomic mass is 9.92. The number of nitrogen functional groups attached to an aromatic ring is 1. The number of alkyl halides is 1. The fourth-order valence-electron chi connectivity index (χ4n) is 5.71. The predicted octanol–water partition coefficient (Wildman–Crippen LogP) is 3.13. The second-order valence-corrected chi connectivity index (χ2v) is 14.6. The Kier molecular flexibility index (Phi) is 7.32. The van der Waals surface area contributed by atoms with Crippen molar-refractivity contribution in [3.05, 3.63) is 54.4 Å². The van der Waals surface area contributed by atoms with Crippen LogP contribution < -0.4 is 10.6 Å². The SMILES string of the molecule is CN(C)CC1(F)CCN(c2cc(-c3cnc(-c4cnn(S(=O)(=O)C5CC5)c4)nc3N)ncc2C#Cc2cnn(C3CC3)c2)CC1. The zero-order valence-corrected chi connectivity index (χ0v) is 26.1. The van der Waals surface area contributed by atoms with Crippen LogP contribution in [0.4, 0.5) is 15.9 Å². The van der Waals surface area contributed by atoms with Crippen LogP contribution in [0.2, 0.25) is 0 Å². The molecule has 0 aromatic carbocycles. The van der Waals surface area contributed by atoms with Gasteiger partial charge >= 0.3 is 0 Å². The van der Waals surface area contributed by atoms with Crippen LogP contribution in [0, 0.1) is 11.8 Å². The Bertz CT molecular complexity index is 1910. The van der Waals surface area contributed by atoms with E-state index in [0.717, 1.165) is 33.7 Å². The minimum absolute atomic E-state index is 0.190. The van der Waals surface area contributed by atoms with Crippen molar-refractivity contribution < 1.29 is 12.8 Å². The Morgan fingerprint density at radius 1 is 1.02 bits per heavy atom. The minimum atomic E-state index is -3.51. The molecule has 0 bridgehead atoms. The predicted molar refractivity (Wildman–Crippen MR) is 169 cm³/mol. The molecule has 2 aliphatic carbocycles. The summed E-state index contributed by atoms with van der Waals surface area (Å²) in [5.74, 6) is 6.95. The van der Waals surface area contributed by atoms with Crippen LogP contribution in [-0.4, -0.2) is 91.9 Å². The molecule has 3 aliphatic rings. The maximum Gasteiger partial charge on any atom is 0.256 e. The topological polar surface area (TPSA) is 141 Å². The van der Waals surface area contributed by atoms with E-state index >= 15 is 4.39 Å². The van der Waals surface area contributed by atoms with E-state index in [1.54, 1.807) is 18.6 Å². The van der Waals surface area contributed by atoms with Gasteiger partial charge in [0.25, 0.3) is 10.0 Å². The number of piperidine rings is 1. The normalized spacial score (nSPS) is 18.2. The first-order valence-electron chi connectivity index (χ1n) is 15.2. The summed E-state index contributed by atoms with van der Waals surface area (Å²) in [7, 11) is 0.274. The van der Waals surface area contributed by atoms with Crippen molar-refractivity contribution in [3.8, 4) is 34.5 Å². The van der Waals surface area contributed by atoms with E-state index in [0.29, 0.717) is 68.2 Å². The number of rotatable bonds is 8. The summed E-state index contributed by atoms with van der Waals surface area (Å²) in [6.07, 6.45) is 14.2. The second-order valence-electron chi connectivity index (χ2n) is 12.5. The van der Waals surface area contributed by atoms with Gasteiger partial charge in [-0.15, -0.1) is 0 Å². The first-order chi connectivity index (χ1) is 21.6. The van der Waals surface area contributed by atoms with Crippen LogP contribution in [0.25, 0.3) is 22.6 Å². The first kappa shape index (κ1) is 29.4. The van der Waals surface area contributed by atoms with Gasteiger partial charge in [0.1, 0.15) is 11.5 Å². The van der Waals surface area contributed by atoms with E-state index in [-0.39, 0.29) is 16.9 Å². The highest BCUT2D eigenvalue weighted by Crippen LogP contribution is 2.36. The molecule has 7 rings (SSSR count). The molecule has 1 aliphatic heterocycles. The molecule has 0 unspecified atom stereocenters. The van der Waals surface area contributed by atoms with Gasteiger partial charge in [0.2, 0.25) is 0 Å². The number of halogens is 1. The lowest BCUT2D eigenvalue weighted by molar-refractivity contribution is 0.0880. The van der Waals surface area contributed by atoms with E-state index in [9.17, 15) is 8.42 Å². The zero-order chi connectivity index (χ0) is 31.3. The van der Waals surface area contributed by atoms with Crippen molar-refractivity contribution in [2.45, 2.75) is 55.5 Å². The summed E-state index contributed by atoms with van der Waals surface area (Å²) < 4.78 is 43.6. The van der Waals surface area contributed by atoms with Crippen molar-refractivity contribution in [1.29, 1.82) is 0 Å². The molecule has 12 nitrogen and oxygen atoms in total. The monoisotopic (exact) mass is 630 g/mol. The lowest BCUT2D eigenvalue weighted by Crippen LogP contribution is -2.47. The third-order valence-corrected chi connectivity index (χ3v) is 10.5. The largest absolute Gasteiger partial charge is 0.383 e. The molecule has 0 radical (unpaired) electrons. The molecule has 234 valence electrons. The van der Waals surface area contributed by atoms with E-state index < -0.39 is 15.7 Å². The van der Waals surface area contributed by atoms with Crippen LogP contribution in [0.15, 0.2) is 43.2 Å². The van der Waals surface area contributed by atoms with Gasteiger partial charge < -0.3 is 15.5 Å². The minimum Gasteiger partial charge on any atom is -0.383 e. The Morgan fingerprint density at radius 3 is 2.49 bits per heavy atom. The fourth-order valence-corrected chi connectivity index (χ4v) is 7.19. The zero-order valence-electron chi connectivity index (χ0n) is 25.3. The number of nitrogens with two attached hydrogens (primary N) is 1. The van der Waals surface area contributed by atoms with Gasteiger partial charge in [-0.3, -0.25) is 9.67 Å². The van der Waals surface area contributed by atoms with Gasteiger partial charge in [-0.05, 0) is 45.8 Å². The van der Waals surface area contributed by atoms with Gasteiger partial charge in [-0.1, -0.05) is 11.8 Å². The Hall–Kier alpha value is -4.35. The van der Waals surface area contributed by atoms with Gasteiger partial charge in [0.15, 0.2) is 5.82 Å². The summed E-state index contributed by atoms with van der Waals surface area (Å²) >= 11 is 0. The van der Waals surface area contributed by atoms with E-state index in [1.807, 2.05) is 35.9 Å². The molecule has 0 spiro atoms. The Labute approximate surface area is 261 Å².